The van der Waals surface area contributed by atoms with Crippen molar-refractivity contribution in [1.29, 1.82) is 0 Å². The van der Waals surface area contributed by atoms with E-state index >= 15 is 0 Å². The number of rotatable bonds is 4. The Hall–Kier alpha value is -5.92. The molecule has 0 aliphatic heterocycles. The predicted octanol–water partition coefficient (Wildman–Crippen LogP) is 12.6. The second kappa shape index (κ2) is 10.4. The summed E-state index contributed by atoms with van der Waals surface area (Å²) in [6, 6.07) is 31.3. The zero-order valence-corrected chi connectivity index (χ0v) is 23.8. The summed E-state index contributed by atoms with van der Waals surface area (Å²) in [5, 5.41) is 5.20. The number of benzene rings is 8. The van der Waals surface area contributed by atoms with Gasteiger partial charge in [0, 0.05) is 10.8 Å². The van der Waals surface area contributed by atoms with Crippen LogP contribution in [0.1, 0.15) is 13.7 Å². The maximum atomic E-state index is 8.72. The molecule has 0 amide bonds. The molecular weight excluding hydrogens is 544 g/mol. The Kier molecular flexibility index (Phi) is 4.01. The zero-order valence-electron chi connectivity index (χ0n) is 33.8. The van der Waals surface area contributed by atoms with E-state index in [2.05, 4.69) is 24.3 Å². The molecule has 0 fully saturated rings. The normalized spacial score (nSPS) is 14.7. The van der Waals surface area contributed by atoms with Crippen molar-refractivity contribution in [2.75, 3.05) is 0 Å². The molecule has 0 spiro atoms. The first-order valence-corrected chi connectivity index (χ1v) is 14.6. The van der Waals surface area contributed by atoms with Crippen LogP contribution in [0.5, 0.6) is 0 Å². The molecule has 0 unspecified atom stereocenters. The molecule has 1 heterocycles. The van der Waals surface area contributed by atoms with Crippen molar-refractivity contribution < 1.29 is 18.1 Å². The van der Waals surface area contributed by atoms with Crippen molar-refractivity contribution in [1.82, 2.24) is 0 Å². The highest BCUT2D eigenvalue weighted by Crippen LogP contribution is 2.46. The van der Waals surface area contributed by atoms with E-state index in [1.807, 2.05) is 66.7 Å². The Morgan fingerprint density at radius 3 is 1.58 bits per heavy atom. The van der Waals surface area contributed by atoms with Gasteiger partial charge in [0.25, 0.3) is 0 Å². The summed E-state index contributed by atoms with van der Waals surface area (Å²) in [7, 11) is 0. The molecule has 0 saturated heterocycles. The van der Waals surface area contributed by atoms with Gasteiger partial charge in [-0.15, -0.1) is 0 Å². The second-order valence-corrected chi connectivity index (χ2v) is 10.9. The monoisotopic (exact) mass is 582 g/mol. The van der Waals surface area contributed by atoms with Crippen LogP contribution in [0.15, 0.2) is 174 Å². The van der Waals surface area contributed by atoms with E-state index < -0.39 is 24.2 Å². The van der Waals surface area contributed by atoms with Crippen LogP contribution in [0.3, 0.4) is 0 Å². The fraction of sp³-hybridized carbons (Fsp3) is 0. The number of fused-ring (bicyclic) bond motifs is 5. The molecule has 9 rings (SSSR count). The third-order valence-electron chi connectivity index (χ3n) is 8.42. The summed E-state index contributed by atoms with van der Waals surface area (Å²) >= 11 is 0. The van der Waals surface area contributed by atoms with Crippen LogP contribution in [-0.2, 0) is 0 Å². The van der Waals surface area contributed by atoms with Crippen LogP contribution in [0.4, 0.5) is 0 Å². The maximum absolute atomic E-state index is 8.72. The van der Waals surface area contributed by atoms with Crippen LogP contribution >= 0.6 is 0 Å². The highest BCUT2D eigenvalue weighted by atomic mass is 16.3. The lowest BCUT2D eigenvalue weighted by atomic mass is 9.85. The first kappa shape index (κ1) is 17.4. The van der Waals surface area contributed by atoms with Crippen LogP contribution < -0.4 is 0 Å². The van der Waals surface area contributed by atoms with E-state index in [4.69, 9.17) is 18.1 Å². The summed E-state index contributed by atoms with van der Waals surface area (Å²) in [6.07, 6.45) is 0. The minimum absolute atomic E-state index is 0.107. The van der Waals surface area contributed by atoms with Gasteiger partial charge < -0.3 is 4.42 Å². The van der Waals surface area contributed by atoms with Gasteiger partial charge in [-0.2, -0.15) is 0 Å². The summed E-state index contributed by atoms with van der Waals surface area (Å²) in [4.78, 5) is 0. The zero-order chi connectivity index (χ0) is 38.4. The lowest BCUT2D eigenvalue weighted by Crippen LogP contribution is -1.91. The average molecular weight is 583 g/mol. The molecule has 0 radical (unpaired) electrons. The van der Waals surface area contributed by atoms with Gasteiger partial charge in [0.2, 0.25) is 0 Å². The molecule has 1 heteroatoms. The van der Waals surface area contributed by atoms with Gasteiger partial charge in [0.05, 0.1) is 13.7 Å². The SMILES string of the molecule is [2H]c1c([2H])c([2H])c(-c2cccc(-c3c4ccccc4c(-c4ccc5oc6cccc(-c7c([2H])c([2H])c([2H])c([2H])c7[2H])c6c5c4)c4ccccc34)c2)c([2H])c1[2H]. The summed E-state index contributed by atoms with van der Waals surface area (Å²) < 4.78 is 90.3. The minimum atomic E-state index is -0.451. The first-order chi connectivity index (χ1) is 26.5. The third-order valence-corrected chi connectivity index (χ3v) is 8.42. The molecule has 0 bridgehead atoms. The summed E-state index contributed by atoms with van der Waals surface area (Å²) in [5.74, 6) is 0. The highest BCUT2D eigenvalue weighted by molar-refractivity contribution is 6.22. The topological polar surface area (TPSA) is 13.1 Å². The molecule has 8 aromatic carbocycles. The van der Waals surface area contributed by atoms with Crippen molar-refractivity contribution in [2.24, 2.45) is 0 Å². The van der Waals surface area contributed by atoms with Gasteiger partial charge in [-0.05, 0) is 90.3 Å². The van der Waals surface area contributed by atoms with Crippen molar-refractivity contribution in [3.63, 3.8) is 0 Å². The van der Waals surface area contributed by atoms with Gasteiger partial charge >= 0.3 is 0 Å². The Labute approximate surface area is 275 Å². The second-order valence-electron chi connectivity index (χ2n) is 10.9. The van der Waals surface area contributed by atoms with Crippen molar-refractivity contribution in [3.8, 4) is 44.5 Å². The molecule has 9 aromatic rings. The molecular formula is C44H28O. The van der Waals surface area contributed by atoms with Gasteiger partial charge in [0.1, 0.15) is 11.2 Å². The standard InChI is InChI=1S/C44H28O/c1-3-13-29(14-4-1)31-17-11-18-32(27-31)42-35-19-7-9-21-37(35)43(38-22-10-8-20-36(38)42)33-25-26-40-39(28-33)44-34(23-12-24-41(44)45-40)30-15-5-2-6-16-30/h1-28H/i1D,2D,3D,4D,5D,6D,13D,14D,15D,16D. The van der Waals surface area contributed by atoms with Crippen molar-refractivity contribution in [3.05, 3.63) is 170 Å². The number of hydrogen-bond donors (Lipinski definition) is 0. The Morgan fingerprint density at radius 1 is 0.378 bits per heavy atom. The first-order valence-electron chi connectivity index (χ1n) is 19.6. The average Bonchev–Trinajstić information content (AvgIpc) is 3.58. The smallest absolute Gasteiger partial charge is 0.136 e. The Bertz CT molecular complexity index is 3000. The lowest BCUT2D eigenvalue weighted by Gasteiger charge is -2.18. The van der Waals surface area contributed by atoms with E-state index in [0.29, 0.717) is 27.7 Å². The molecule has 0 aliphatic carbocycles. The highest BCUT2D eigenvalue weighted by Gasteiger charge is 2.19. The van der Waals surface area contributed by atoms with E-state index in [1.54, 1.807) is 18.2 Å². The van der Waals surface area contributed by atoms with Crippen LogP contribution in [0.2, 0.25) is 0 Å². The Morgan fingerprint density at radius 2 is 0.933 bits per heavy atom. The molecule has 210 valence electrons. The molecule has 1 nitrogen and oxygen atoms in total. The molecule has 0 aliphatic rings. The Balaban J connectivity index is 1.31. The predicted molar refractivity (Wildman–Crippen MR) is 190 cm³/mol. The van der Waals surface area contributed by atoms with E-state index in [9.17, 15) is 0 Å². The van der Waals surface area contributed by atoms with E-state index in [0.717, 1.165) is 49.2 Å². The van der Waals surface area contributed by atoms with Gasteiger partial charge in [-0.25, -0.2) is 0 Å². The van der Waals surface area contributed by atoms with Crippen LogP contribution in [0.25, 0.3) is 88.0 Å². The van der Waals surface area contributed by atoms with E-state index in [-0.39, 0.29) is 47.4 Å². The summed E-state index contributed by atoms with van der Waals surface area (Å²) in [5.41, 5.74) is 5.97. The number of hydrogen-bond acceptors (Lipinski definition) is 1. The van der Waals surface area contributed by atoms with Crippen molar-refractivity contribution in [2.45, 2.75) is 0 Å². The quantitative estimate of drug-likeness (QED) is 0.188. The van der Waals surface area contributed by atoms with Gasteiger partial charge in [0.15, 0.2) is 0 Å². The number of furan rings is 1. The van der Waals surface area contributed by atoms with E-state index in [1.165, 1.54) is 0 Å². The molecule has 0 N–H and O–H groups in total. The van der Waals surface area contributed by atoms with Gasteiger partial charge in [-0.3, -0.25) is 0 Å². The van der Waals surface area contributed by atoms with Crippen LogP contribution in [0, 0.1) is 0 Å². The van der Waals surface area contributed by atoms with Crippen molar-refractivity contribution >= 4 is 43.5 Å². The fourth-order valence-electron chi connectivity index (χ4n) is 6.55. The molecule has 1 aromatic heterocycles. The molecule has 45 heavy (non-hydrogen) atoms. The third kappa shape index (κ3) is 4.17. The van der Waals surface area contributed by atoms with Crippen LogP contribution in [-0.4, -0.2) is 0 Å². The maximum Gasteiger partial charge on any atom is 0.136 e. The molecule has 0 saturated carbocycles. The molecule has 0 atom stereocenters. The van der Waals surface area contributed by atoms with Gasteiger partial charge in [-0.1, -0.05) is 145 Å². The lowest BCUT2D eigenvalue weighted by molar-refractivity contribution is 0.669. The largest absolute Gasteiger partial charge is 0.456 e. The minimum Gasteiger partial charge on any atom is -0.456 e. The summed E-state index contributed by atoms with van der Waals surface area (Å²) in [6.45, 7) is 0. The fourth-order valence-corrected chi connectivity index (χ4v) is 6.55.